The fourth-order valence-electron chi connectivity index (χ4n) is 2.61. The molecule has 0 saturated heterocycles. The van der Waals surface area contributed by atoms with Crippen LogP contribution in [0.4, 0.5) is 0 Å². The lowest BCUT2D eigenvalue weighted by atomic mass is 10.1. The third-order valence-corrected chi connectivity index (χ3v) is 5.25. The van der Waals surface area contributed by atoms with Gasteiger partial charge in [0.25, 0.3) is 0 Å². The van der Waals surface area contributed by atoms with Crippen LogP contribution in [-0.4, -0.2) is 16.2 Å². The first-order valence-electron chi connectivity index (χ1n) is 8.59. The fraction of sp³-hybridized carbons (Fsp3) is 0.0952. The van der Waals surface area contributed by atoms with E-state index in [1.54, 1.807) is 23.5 Å². The Balaban J connectivity index is 1.32. The van der Waals surface area contributed by atoms with Gasteiger partial charge in [0.05, 0.1) is 6.42 Å². The van der Waals surface area contributed by atoms with E-state index in [0.29, 0.717) is 24.0 Å². The number of benzene rings is 2. The van der Waals surface area contributed by atoms with Gasteiger partial charge < -0.3 is 9.15 Å². The maximum absolute atomic E-state index is 12.1. The Hall–Kier alpha value is -2.77. The van der Waals surface area contributed by atoms with E-state index in [2.05, 4.69) is 26.1 Å². The maximum atomic E-state index is 12.1. The predicted octanol–water partition coefficient (Wildman–Crippen LogP) is 5.77. The lowest BCUT2D eigenvalue weighted by molar-refractivity contribution is -0.134. The Bertz CT molecular complexity index is 1060. The second-order valence-electron chi connectivity index (χ2n) is 6.02. The molecule has 0 amide bonds. The zero-order valence-electron chi connectivity index (χ0n) is 14.7. The molecule has 140 valence electrons. The van der Waals surface area contributed by atoms with Crippen molar-refractivity contribution < 1.29 is 13.9 Å². The van der Waals surface area contributed by atoms with E-state index in [9.17, 15) is 4.79 Å². The van der Waals surface area contributed by atoms with Crippen LogP contribution < -0.4 is 4.74 Å². The van der Waals surface area contributed by atoms with Crippen LogP contribution in [0.25, 0.3) is 22.6 Å². The third-order valence-electron chi connectivity index (χ3n) is 4.04. The zero-order chi connectivity index (χ0) is 19.3. The molecule has 0 aliphatic rings. The number of nitrogens with zero attached hydrogens (tertiary/aromatic N) is 2. The van der Waals surface area contributed by atoms with Crippen LogP contribution in [0.1, 0.15) is 12.3 Å². The lowest BCUT2D eigenvalue weighted by Crippen LogP contribution is -2.09. The summed E-state index contributed by atoms with van der Waals surface area (Å²) in [6, 6.07) is 17.4. The van der Waals surface area contributed by atoms with Crippen LogP contribution in [0.15, 0.2) is 74.2 Å². The van der Waals surface area contributed by atoms with Crippen molar-refractivity contribution >= 4 is 33.2 Å². The molecule has 0 atom stereocenters. The highest BCUT2D eigenvalue weighted by molar-refractivity contribution is 9.10. The lowest BCUT2D eigenvalue weighted by Gasteiger charge is -2.06. The van der Waals surface area contributed by atoms with Crippen molar-refractivity contribution in [3.05, 3.63) is 75.7 Å². The van der Waals surface area contributed by atoms with Crippen LogP contribution >= 0.6 is 27.3 Å². The minimum Gasteiger partial charge on any atom is -0.427 e. The Labute approximate surface area is 174 Å². The van der Waals surface area contributed by atoms with E-state index >= 15 is 0 Å². The molecule has 0 bridgehead atoms. The summed E-state index contributed by atoms with van der Waals surface area (Å²) >= 11 is 4.99. The monoisotopic (exact) mass is 454 g/mol. The number of carbonyl (C=O) groups is 1. The number of hydrogen-bond donors (Lipinski definition) is 0. The molecule has 0 unspecified atom stereocenters. The molecule has 5 nitrogen and oxygen atoms in total. The number of ether oxygens (including phenoxy) is 1. The Morgan fingerprint density at radius 1 is 0.964 bits per heavy atom. The fourth-order valence-corrected chi connectivity index (χ4v) is 3.50. The van der Waals surface area contributed by atoms with Crippen molar-refractivity contribution in [1.82, 2.24) is 10.2 Å². The van der Waals surface area contributed by atoms with Gasteiger partial charge in [-0.3, -0.25) is 4.79 Å². The van der Waals surface area contributed by atoms with Crippen LogP contribution in [0.2, 0.25) is 0 Å². The molecule has 4 aromatic rings. The van der Waals surface area contributed by atoms with Gasteiger partial charge in [0, 0.05) is 21.8 Å². The number of halogens is 1. The van der Waals surface area contributed by atoms with Gasteiger partial charge in [-0.15, -0.1) is 10.2 Å². The zero-order valence-corrected chi connectivity index (χ0v) is 17.1. The quantitative estimate of drug-likeness (QED) is 0.273. The molecule has 0 fully saturated rings. The van der Waals surface area contributed by atoms with Crippen molar-refractivity contribution in [3.8, 4) is 28.3 Å². The van der Waals surface area contributed by atoms with E-state index in [1.807, 2.05) is 53.2 Å². The van der Waals surface area contributed by atoms with Gasteiger partial charge in [0.15, 0.2) is 0 Å². The largest absolute Gasteiger partial charge is 0.427 e. The molecule has 2 heterocycles. The average molecular weight is 455 g/mol. The standard InChI is InChI=1S/C21H15BrN2O3S/c22-17-5-1-14(2-6-17)15-3-7-18(8-4-15)26-20(25)10-9-19-23-24-21(27-19)16-11-12-28-13-16/h1-8,11-13H,9-10H2. The normalized spacial score (nSPS) is 10.8. The van der Waals surface area contributed by atoms with E-state index in [1.165, 1.54) is 0 Å². The molecule has 28 heavy (non-hydrogen) atoms. The maximum Gasteiger partial charge on any atom is 0.311 e. The topological polar surface area (TPSA) is 65.2 Å². The van der Waals surface area contributed by atoms with E-state index in [-0.39, 0.29) is 12.4 Å². The number of thiophene rings is 1. The van der Waals surface area contributed by atoms with Crippen molar-refractivity contribution in [2.45, 2.75) is 12.8 Å². The summed E-state index contributed by atoms with van der Waals surface area (Å²) < 4.78 is 12.0. The smallest absolute Gasteiger partial charge is 0.311 e. The van der Waals surface area contributed by atoms with Crippen molar-refractivity contribution in [2.75, 3.05) is 0 Å². The molecule has 0 radical (unpaired) electrons. The molecule has 0 N–H and O–H groups in total. The molecule has 7 heteroatoms. The van der Waals surface area contributed by atoms with Crippen LogP contribution in [0.3, 0.4) is 0 Å². The van der Waals surface area contributed by atoms with E-state index in [0.717, 1.165) is 21.2 Å². The minimum atomic E-state index is -0.341. The molecule has 0 saturated carbocycles. The van der Waals surface area contributed by atoms with Crippen molar-refractivity contribution in [3.63, 3.8) is 0 Å². The number of carbonyl (C=O) groups excluding carboxylic acids is 1. The predicted molar refractivity (Wildman–Crippen MR) is 111 cm³/mol. The van der Waals surface area contributed by atoms with Crippen molar-refractivity contribution in [1.29, 1.82) is 0 Å². The van der Waals surface area contributed by atoms with Crippen molar-refractivity contribution in [2.24, 2.45) is 0 Å². The third kappa shape index (κ3) is 4.55. The Kier molecular flexibility index (Phi) is 5.64. The average Bonchev–Trinajstić information content (AvgIpc) is 3.39. The summed E-state index contributed by atoms with van der Waals surface area (Å²) in [4.78, 5) is 12.1. The first-order chi connectivity index (χ1) is 13.7. The molecule has 4 rings (SSSR count). The van der Waals surface area contributed by atoms with Crippen LogP contribution in [-0.2, 0) is 11.2 Å². The van der Waals surface area contributed by atoms with Gasteiger partial charge in [-0.25, -0.2) is 0 Å². The molecule has 2 aromatic heterocycles. The minimum absolute atomic E-state index is 0.166. The number of aromatic nitrogens is 2. The second kappa shape index (κ2) is 8.50. The Morgan fingerprint density at radius 2 is 1.68 bits per heavy atom. The Morgan fingerprint density at radius 3 is 2.36 bits per heavy atom. The molecule has 0 aliphatic heterocycles. The number of rotatable bonds is 6. The summed E-state index contributed by atoms with van der Waals surface area (Å²) in [6.45, 7) is 0. The summed E-state index contributed by atoms with van der Waals surface area (Å²) in [5.74, 6) is 1.05. The highest BCUT2D eigenvalue weighted by atomic mass is 79.9. The highest BCUT2D eigenvalue weighted by Gasteiger charge is 2.12. The number of aryl methyl sites for hydroxylation is 1. The van der Waals surface area contributed by atoms with E-state index < -0.39 is 0 Å². The summed E-state index contributed by atoms with van der Waals surface area (Å²) in [6.07, 6.45) is 0.507. The highest BCUT2D eigenvalue weighted by Crippen LogP contribution is 2.24. The first-order valence-corrected chi connectivity index (χ1v) is 10.3. The van der Waals surface area contributed by atoms with Gasteiger partial charge in [0.1, 0.15) is 5.75 Å². The number of esters is 1. The van der Waals surface area contributed by atoms with Gasteiger partial charge in [-0.2, -0.15) is 11.3 Å². The SMILES string of the molecule is O=C(CCc1nnc(-c2ccsc2)o1)Oc1ccc(-c2ccc(Br)cc2)cc1. The molecule has 0 aliphatic carbocycles. The first kappa shape index (κ1) is 18.6. The second-order valence-corrected chi connectivity index (χ2v) is 7.71. The van der Waals surface area contributed by atoms with Gasteiger partial charge in [-0.05, 0) is 46.8 Å². The molecule has 0 spiro atoms. The summed E-state index contributed by atoms with van der Waals surface area (Å²) in [5.41, 5.74) is 3.04. The number of hydrogen-bond acceptors (Lipinski definition) is 6. The summed E-state index contributed by atoms with van der Waals surface area (Å²) in [7, 11) is 0. The van der Waals surface area contributed by atoms with E-state index in [4.69, 9.17) is 9.15 Å². The summed E-state index contributed by atoms with van der Waals surface area (Å²) in [5, 5.41) is 11.9. The molecular weight excluding hydrogens is 440 g/mol. The molecule has 2 aromatic carbocycles. The van der Waals surface area contributed by atoms with Crippen LogP contribution in [0, 0.1) is 0 Å². The van der Waals surface area contributed by atoms with Gasteiger partial charge >= 0.3 is 5.97 Å². The van der Waals surface area contributed by atoms with Gasteiger partial charge in [0.2, 0.25) is 11.8 Å². The molecular formula is C21H15BrN2O3S. The van der Waals surface area contributed by atoms with Crippen LogP contribution in [0.5, 0.6) is 5.75 Å². The van der Waals surface area contributed by atoms with Gasteiger partial charge in [-0.1, -0.05) is 40.2 Å².